The molecule has 3 aliphatic carbocycles. The van der Waals surface area contributed by atoms with Crippen molar-refractivity contribution in [3.05, 3.63) is 0 Å². The van der Waals surface area contributed by atoms with Crippen molar-refractivity contribution in [2.24, 2.45) is 17.3 Å². The molecule has 0 radical (unpaired) electrons. The summed E-state index contributed by atoms with van der Waals surface area (Å²) in [5, 5.41) is 8.87. The average molecular weight is 218 g/mol. The molecule has 0 aromatic heterocycles. The second-order valence-electron chi connectivity index (χ2n) is 6.42. The summed E-state index contributed by atoms with van der Waals surface area (Å²) < 4.78 is 0. The average Bonchev–Trinajstić information content (AvgIpc) is 3.06. The van der Waals surface area contributed by atoms with Crippen molar-refractivity contribution < 1.29 is 0 Å². The van der Waals surface area contributed by atoms with Crippen LogP contribution < -0.4 is 0 Å². The molecule has 2 nitrogen and oxygen atoms in total. The summed E-state index contributed by atoms with van der Waals surface area (Å²) >= 11 is 0. The van der Waals surface area contributed by atoms with Gasteiger partial charge in [0.15, 0.2) is 0 Å². The molecule has 0 heterocycles. The van der Waals surface area contributed by atoms with E-state index in [4.69, 9.17) is 5.26 Å². The Hall–Kier alpha value is -0.550. The third kappa shape index (κ3) is 2.77. The fraction of sp³-hybridized carbons (Fsp3) is 0.929. The maximum Gasteiger partial charge on any atom is 0.0628 e. The lowest BCUT2D eigenvalue weighted by atomic mass is 10.0. The zero-order valence-electron chi connectivity index (χ0n) is 10.1. The van der Waals surface area contributed by atoms with Crippen LogP contribution in [0.2, 0.25) is 0 Å². The van der Waals surface area contributed by atoms with E-state index in [0.717, 1.165) is 18.3 Å². The van der Waals surface area contributed by atoms with Gasteiger partial charge in [-0.2, -0.15) is 5.26 Å². The molecule has 0 atom stereocenters. The Kier molecular flexibility index (Phi) is 2.67. The van der Waals surface area contributed by atoms with Crippen LogP contribution in [-0.2, 0) is 0 Å². The molecule has 3 fully saturated rings. The predicted molar refractivity (Wildman–Crippen MR) is 63.8 cm³/mol. The topological polar surface area (TPSA) is 27.0 Å². The monoisotopic (exact) mass is 218 g/mol. The number of hydrogen-bond acceptors (Lipinski definition) is 2. The Morgan fingerprint density at radius 3 is 2.00 bits per heavy atom. The summed E-state index contributed by atoms with van der Waals surface area (Å²) in [5.74, 6) is 1.99. The van der Waals surface area contributed by atoms with Crippen LogP contribution in [0.5, 0.6) is 0 Å². The molecule has 16 heavy (non-hydrogen) atoms. The van der Waals surface area contributed by atoms with Crippen molar-refractivity contribution in [2.45, 2.75) is 44.9 Å². The molecule has 3 aliphatic rings. The number of hydrogen-bond donors (Lipinski definition) is 0. The van der Waals surface area contributed by atoms with Crippen LogP contribution in [0, 0.1) is 28.6 Å². The summed E-state index contributed by atoms with van der Waals surface area (Å²) in [7, 11) is 0. The lowest BCUT2D eigenvalue weighted by Gasteiger charge is -2.26. The van der Waals surface area contributed by atoms with E-state index in [1.807, 2.05) is 0 Å². The Morgan fingerprint density at radius 2 is 1.62 bits per heavy atom. The van der Waals surface area contributed by atoms with Crippen LogP contribution >= 0.6 is 0 Å². The van der Waals surface area contributed by atoms with E-state index in [2.05, 4.69) is 11.0 Å². The molecule has 0 spiro atoms. The van der Waals surface area contributed by atoms with Gasteiger partial charge in [0.25, 0.3) is 0 Å². The maximum absolute atomic E-state index is 8.87. The predicted octanol–water partition coefficient (Wildman–Crippen LogP) is 2.80. The van der Waals surface area contributed by atoms with Crippen molar-refractivity contribution in [2.75, 3.05) is 19.6 Å². The molecule has 0 aromatic carbocycles. The van der Waals surface area contributed by atoms with Crippen LogP contribution in [-0.4, -0.2) is 24.5 Å². The summed E-state index contributed by atoms with van der Waals surface area (Å²) in [5.41, 5.74) is 0.415. The largest absolute Gasteiger partial charge is 0.302 e. The first-order valence-electron chi connectivity index (χ1n) is 6.89. The molecule has 3 saturated carbocycles. The van der Waals surface area contributed by atoms with Gasteiger partial charge in [-0.05, 0) is 55.8 Å². The van der Waals surface area contributed by atoms with E-state index in [1.54, 1.807) is 0 Å². The number of nitriles is 1. The molecule has 0 aliphatic heterocycles. The molecular weight excluding hydrogens is 196 g/mol. The summed E-state index contributed by atoms with van der Waals surface area (Å²) in [6.45, 7) is 3.86. The van der Waals surface area contributed by atoms with Crippen LogP contribution in [0.1, 0.15) is 44.9 Å². The second-order valence-corrected chi connectivity index (χ2v) is 6.42. The normalized spacial score (nSPS) is 26.8. The lowest BCUT2D eigenvalue weighted by molar-refractivity contribution is 0.204. The van der Waals surface area contributed by atoms with Crippen LogP contribution in [0.25, 0.3) is 0 Å². The van der Waals surface area contributed by atoms with Gasteiger partial charge in [0, 0.05) is 26.1 Å². The number of rotatable bonds is 7. The minimum Gasteiger partial charge on any atom is -0.302 e. The minimum atomic E-state index is 0.415. The van der Waals surface area contributed by atoms with Crippen LogP contribution in [0.3, 0.4) is 0 Å². The van der Waals surface area contributed by atoms with Gasteiger partial charge in [0.1, 0.15) is 0 Å². The maximum atomic E-state index is 8.87. The van der Waals surface area contributed by atoms with Crippen molar-refractivity contribution in [3.8, 4) is 6.07 Å². The van der Waals surface area contributed by atoms with Crippen molar-refractivity contribution in [1.82, 2.24) is 4.90 Å². The van der Waals surface area contributed by atoms with Crippen LogP contribution in [0.15, 0.2) is 0 Å². The van der Waals surface area contributed by atoms with Gasteiger partial charge >= 0.3 is 0 Å². The smallest absolute Gasteiger partial charge is 0.0628 e. The van der Waals surface area contributed by atoms with E-state index < -0.39 is 0 Å². The fourth-order valence-electron chi connectivity index (χ4n) is 2.74. The zero-order valence-corrected chi connectivity index (χ0v) is 10.1. The van der Waals surface area contributed by atoms with Gasteiger partial charge in [-0.25, -0.2) is 0 Å². The van der Waals surface area contributed by atoms with Gasteiger partial charge in [-0.15, -0.1) is 0 Å². The highest BCUT2D eigenvalue weighted by Gasteiger charge is 2.44. The molecule has 0 bridgehead atoms. The van der Waals surface area contributed by atoms with Crippen molar-refractivity contribution >= 4 is 0 Å². The molecule has 0 unspecified atom stereocenters. The molecule has 88 valence electrons. The number of nitrogens with zero attached hydrogens (tertiary/aromatic N) is 2. The Labute approximate surface area is 98.6 Å². The van der Waals surface area contributed by atoms with Crippen molar-refractivity contribution in [1.29, 1.82) is 5.26 Å². The van der Waals surface area contributed by atoms with Gasteiger partial charge in [0.05, 0.1) is 6.07 Å². The van der Waals surface area contributed by atoms with Gasteiger partial charge in [-0.3, -0.25) is 0 Å². The first kappa shape index (κ1) is 10.6. The first-order chi connectivity index (χ1) is 7.80. The first-order valence-corrected chi connectivity index (χ1v) is 6.89. The summed E-state index contributed by atoms with van der Waals surface area (Å²) in [6.07, 6.45) is 9.19. The summed E-state index contributed by atoms with van der Waals surface area (Å²) in [6, 6.07) is 2.39. The van der Waals surface area contributed by atoms with Gasteiger partial charge in [-0.1, -0.05) is 0 Å². The van der Waals surface area contributed by atoms with Gasteiger partial charge < -0.3 is 4.90 Å². The van der Waals surface area contributed by atoms with Crippen molar-refractivity contribution in [3.63, 3.8) is 0 Å². The van der Waals surface area contributed by atoms with E-state index in [-0.39, 0.29) is 0 Å². The molecule has 0 N–H and O–H groups in total. The molecule has 2 heteroatoms. The van der Waals surface area contributed by atoms with Gasteiger partial charge in [0.2, 0.25) is 0 Å². The lowest BCUT2D eigenvalue weighted by Crippen LogP contribution is -2.34. The SMILES string of the molecule is N#CCC1(CN(CC2CC2)CC2CC2)CC1. The second kappa shape index (κ2) is 4.04. The highest BCUT2D eigenvalue weighted by atomic mass is 15.1. The Bertz CT molecular complexity index is 278. The Balaban J connectivity index is 1.52. The third-order valence-corrected chi connectivity index (χ3v) is 4.40. The highest BCUT2D eigenvalue weighted by molar-refractivity contribution is 5.02. The standard InChI is InChI=1S/C14H22N2/c15-8-7-14(5-6-14)11-16(9-12-1-2-12)10-13-3-4-13/h12-13H,1-7,9-11H2. The third-order valence-electron chi connectivity index (χ3n) is 4.40. The molecule has 0 amide bonds. The quantitative estimate of drug-likeness (QED) is 0.657. The summed E-state index contributed by atoms with van der Waals surface area (Å²) in [4.78, 5) is 2.69. The molecular formula is C14H22N2. The van der Waals surface area contributed by atoms with E-state index >= 15 is 0 Å². The molecule has 0 aromatic rings. The highest BCUT2D eigenvalue weighted by Crippen LogP contribution is 2.50. The molecule has 0 saturated heterocycles. The Morgan fingerprint density at radius 1 is 1.06 bits per heavy atom. The van der Waals surface area contributed by atoms with Crippen LogP contribution in [0.4, 0.5) is 0 Å². The zero-order chi connectivity index (χ0) is 11.0. The van der Waals surface area contributed by atoms with E-state index in [1.165, 1.54) is 58.2 Å². The fourth-order valence-corrected chi connectivity index (χ4v) is 2.74. The minimum absolute atomic E-state index is 0.415. The van der Waals surface area contributed by atoms with E-state index in [0.29, 0.717) is 5.41 Å². The molecule has 3 rings (SSSR count). The van der Waals surface area contributed by atoms with E-state index in [9.17, 15) is 0 Å².